The first-order valence-electron chi connectivity index (χ1n) is 6.57. The number of ether oxygens (including phenoxy) is 1. The molecule has 0 aliphatic rings. The lowest BCUT2D eigenvalue weighted by Gasteiger charge is -2.22. The van der Waals surface area contributed by atoms with Crippen LogP contribution >= 0.6 is 0 Å². The van der Waals surface area contributed by atoms with Gasteiger partial charge in [-0.1, -0.05) is 30.3 Å². The van der Waals surface area contributed by atoms with Gasteiger partial charge in [0.15, 0.2) is 0 Å². The van der Waals surface area contributed by atoms with E-state index < -0.39 is 0 Å². The average Bonchev–Trinajstić information content (AvgIpc) is 2.86. The molecule has 3 nitrogen and oxygen atoms in total. The highest BCUT2D eigenvalue weighted by atomic mass is 16.5. The number of methoxy groups -OCH3 is 1. The molecule has 1 aromatic heterocycles. The van der Waals surface area contributed by atoms with Crippen LogP contribution in [0, 0.1) is 6.92 Å². The average molecular weight is 259 g/mol. The van der Waals surface area contributed by atoms with Gasteiger partial charge >= 0.3 is 0 Å². The van der Waals surface area contributed by atoms with Crippen LogP contribution in [0.15, 0.2) is 46.9 Å². The summed E-state index contributed by atoms with van der Waals surface area (Å²) in [7, 11) is 1.72. The quantitative estimate of drug-likeness (QED) is 0.860. The highest BCUT2D eigenvalue weighted by Crippen LogP contribution is 2.21. The van der Waals surface area contributed by atoms with Gasteiger partial charge in [-0.25, -0.2) is 0 Å². The van der Waals surface area contributed by atoms with Crippen molar-refractivity contribution in [1.82, 2.24) is 5.32 Å². The predicted molar refractivity (Wildman–Crippen MR) is 76.1 cm³/mol. The molecule has 0 amide bonds. The van der Waals surface area contributed by atoms with Crippen LogP contribution < -0.4 is 5.32 Å². The molecule has 0 saturated carbocycles. The predicted octanol–water partition coefficient (Wildman–Crippen LogP) is 3.63. The van der Waals surface area contributed by atoms with Gasteiger partial charge in [-0.2, -0.15) is 0 Å². The van der Waals surface area contributed by atoms with Crippen molar-refractivity contribution >= 4 is 0 Å². The van der Waals surface area contributed by atoms with Crippen molar-refractivity contribution in [3.05, 3.63) is 59.5 Å². The van der Waals surface area contributed by atoms with Gasteiger partial charge in [-0.15, -0.1) is 0 Å². The highest BCUT2D eigenvalue weighted by molar-refractivity contribution is 5.20. The largest absolute Gasteiger partial charge is 0.465 e. The van der Waals surface area contributed by atoms with Gasteiger partial charge in [0.2, 0.25) is 0 Å². The standard InChI is InChI=1S/C16H21NO2/c1-12-9-10-16(19-12)13(2)17-15(11-18-3)14-7-5-4-6-8-14/h4-10,13,15,17H,11H2,1-3H3. The zero-order chi connectivity index (χ0) is 13.7. The number of furan rings is 1. The van der Waals surface area contributed by atoms with Crippen molar-refractivity contribution in [1.29, 1.82) is 0 Å². The van der Waals surface area contributed by atoms with Crippen molar-refractivity contribution in [2.24, 2.45) is 0 Å². The molecule has 0 aliphatic carbocycles. The van der Waals surface area contributed by atoms with Gasteiger partial charge in [-0.3, -0.25) is 5.32 Å². The molecule has 0 aliphatic heterocycles. The fraction of sp³-hybridized carbons (Fsp3) is 0.375. The van der Waals surface area contributed by atoms with Gasteiger partial charge < -0.3 is 9.15 Å². The normalized spacial score (nSPS) is 14.3. The number of aryl methyl sites for hydroxylation is 1. The number of hydrogen-bond donors (Lipinski definition) is 1. The molecule has 0 spiro atoms. The third-order valence-corrected chi connectivity index (χ3v) is 3.17. The monoisotopic (exact) mass is 259 g/mol. The van der Waals surface area contributed by atoms with Crippen LogP contribution in [0.25, 0.3) is 0 Å². The molecule has 1 heterocycles. The molecule has 2 atom stereocenters. The van der Waals surface area contributed by atoms with E-state index in [2.05, 4.69) is 24.4 Å². The van der Waals surface area contributed by atoms with Crippen LogP contribution in [-0.4, -0.2) is 13.7 Å². The Hall–Kier alpha value is -1.58. The van der Waals surface area contributed by atoms with Crippen LogP contribution in [0.4, 0.5) is 0 Å². The van der Waals surface area contributed by atoms with Gasteiger partial charge in [0.05, 0.1) is 18.7 Å². The number of rotatable bonds is 6. The minimum absolute atomic E-state index is 0.147. The van der Waals surface area contributed by atoms with Crippen molar-refractivity contribution in [3.63, 3.8) is 0 Å². The first-order chi connectivity index (χ1) is 9.20. The Labute approximate surface area is 114 Å². The molecule has 19 heavy (non-hydrogen) atoms. The van der Waals surface area contributed by atoms with Gasteiger partial charge in [0.25, 0.3) is 0 Å². The fourth-order valence-corrected chi connectivity index (χ4v) is 2.16. The van der Waals surface area contributed by atoms with Crippen LogP contribution in [0.2, 0.25) is 0 Å². The molecular weight excluding hydrogens is 238 g/mol. The Morgan fingerprint density at radius 2 is 1.89 bits per heavy atom. The fourth-order valence-electron chi connectivity index (χ4n) is 2.16. The SMILES string of the molecule is COCC(NC(C)c1ccc(C)o1)c1ccccc1. The second-order valence-corrected chi connectivity index (χ2v) is 4.76. The molecule has 102 valence electrons. The maximum Gasteiger partial charge on any atom is 0.120 e. The molecule has 1 N–H and O–H groups in total. The minimum atomic E-state index is 0.147. The summed E-state index contributed by atoms with van der Waals surface area (Å²) in [6.07, 6.45) is 0. The zero-order valence-corrected chi connectivity index (χ0v) is 11.7. The Morgan fingerprint density at radius 3 is 2.47 bits per heavy atom. The Morgan fingerprint density at radius 1 is 1.16 bits per heavy atom. The molecule has 3 heteroatoms. The lowest BCUT2D eigenvalue weighted by atomic mass is 10.1. The number of nitrogens with one attached hydrogen (secondary N) is 1. The summed E-state index contributed by atoms with van der Waals surface area (Å²) in [6, 6.07) is 14.6. The summed E-state index contributed by atoms with van der Waals surface area (Å²) >= 11 is 0. The first kappa shape index (κ1) is 13.8. The lowest BCUT2D eigenvalue weighted by Crippen LogP contribution is -2.27. The summed E-state index contributed by atoms with van der Waals surface area (Å²) in [5.74, 6) is 1.89. The van der Waals surface area contributed by atoms with E-state index in [4.69, 9.17) is 9.15 Å². The topological polar surface area (TPSA) is 34.4 Å². The van der Waals surface area contributed by atoms with Crippen LogP contribution in [0.1, 0.15) is 36.1 Å². The Kier molecular flexibility index (Phi) is 4.77. The lowest BCUT2D eigenvalue weighted by molar-refractivity contribution is 0.160. The summed E-state index contributed by atoms with van der Waals surface area (Å²) in [6.45, 7) is 4.69. The minimum Gasteiger partial charge on any atom is -0.465 e. The summed E-state index contributed by atoms with van der Waals surface area (Å²) in [5, 5.41) is 3.55. The van der Waals surface area contributed by atoms with Crippen LogP contribution in [-0.2, 0) is 4.74 Å². The summed E-state index contributed by atoms with van der Waals surface area (Å²) in [5.41, 5.74) is 1.22. The molecule has 0 bridgehead atoms. The Bertz CT molecular complexity index is 492. The highest BCUT2D eigenvalue weighted by Gasteiger charge is 2.17. The van der Waals surface area contributed by atoms with E-state index in [1.807, 2.05) is 37.3 Å². The van der Waals surface area contributed by atoms with E-state index in [0.717, 1.165) is 11.5 Å². The van der Waals surface area contributed by atoms with E-state index >= 15 is 0 Å². The van der Waals surface area contributed by atoms with Crippen LogP contribution in [0.5, 0.6) is 0 Å². The summed E-state index contributed by atoms with van der Waals surface area (Å²) in [4.78, 5) is 0. The first-order valence-corrected chi connectivity index (χ1v) is 6.57. The van der Waals surface area contributed by atoms with Crippen molar-refractivity contribution in [2.75, 3.05) is 13.7 Å². The van der Waals surface area contributed by atoms with Crippen molar-refractivity contribution < 1.29 is 9.15 Å². The van der Waals surface area contributed by atoms with Gasteiger partial charge in [0.1, 0.15) is 11.5 Å². The third kappa shape index (κ3) is 3.69. The van der Waals surface area contributed by atoms with Gasteiger partial charge in [0, 0.05) is 7.11 Å². The molecular formula is C16H21NO2. The molecule has 1 aromatic carbocycles. The molecule has 2 aromatic rings. The molecule has 0 radical (unpaired) electrons. The second-order valence-electron chi connectivity index (χ2n) is 4.76. The van der Waals surface area contributed by atoms with E-state index in [-0.39, 0.29) is 12.1 Å². The van der Waals surface area contributed by atoms with E-state index in [9.17, 15) is 0 Å². The van der Waals surface area contributed by atoms with Crippen molar-refractivity contribution in [3.8, 4) is 0 Å². The van der Waals surface area contributed by atoms with Crippen molar-refractivity contribution in [2.45, 2.75) is 25.9 Å². The van der Waals surface area contributed by atoms with E-state index in [1.165, 1.54) is 5.56 Å². The molecule has 0 saturated heterocycles. The Balaban J connectivity index is 2.08. The summed E-state index contributed by atoms with van der Waals surface area (Å²) < 4.78 is 11.0. The number of hydrogen-bond acceptors (Lipinski definition) is 3. The van der Waals surface area contributed by atoms with Gasteiger partial charge in [-0.05, 0) is 31.5 Å². The number of benzene rings is 1. The van der Waals surface area contributed by atoms with Crippen LogP contribution in [0.3, 0.4) is 0 Å². The maximum absolute atomic E-state index is 5.66. The zero-order valence-electron chi connectivity index (χ0n) is 11.7. The second kappa shape index (κ2) is 6.55. The maximum atomic E-state index is 5.66. The molecule has 2 rings (SSSR count). The van der Waals surface area contributed by atoms with E-state index in [1.54, 1.807) is 7.11 Å². The van der Waals surface area contributed by atoms with E-state index in [0.29, 0.717) is 6.61 Å². The smallest absolute Gasteiger partial charge is 0.120 e. The third-order valence-electron chi connectivity index (χ3n) is 3.17. The molecule has 0 fully saturated rings. The molecule has 2 unspecified atom stereocenters.